The van der Waals surface area contributed by atoms with Gasteiger partial charge in [-0.3, -0.25) is 19.5 Å². The van der Waals surface area contributed by atoms with Crippen molar-refractivity contribution in [2.24, 2.45) is 0 Å². The van der Waals surface area contributed by atoms with Crippen LogP contribution in [0.4, 0.5) is 0 Å². The molecule has 1 aromatic heterocycles. The summed E-state index contributed by atoms with van der Waals surface area (Å²) in [6.45, 7) is 3.80. The summed E-state index contributed by atoms with van der Waals surface area (Å²) in [5.74, 6) is 0. The Morgan fingerprint density at radius 2 is 2.00 bits per heavy atom. The van der Waals surface area contributed by atoms with Gasteiger partial charge in [-0.2, -0.15) is 0 Å². The van der Waals surface area contributed by atoms with Gasteiger partial charge in [0.15, 0.2) is 0 Å². The van der Waals surface area contributed by atoms with Crippen LogP contribution >= 0.6 is 0 Å². The Hall–Kier alpha value is -1.07. The number of aromatic nitrogens is 2. The Morgan fingerprint density at radius 3 is 2.75 bits per heavy atom. The van der Waals surface area contributed by atoms with Crippen molar-refractivity contribution >= 4 is 0 Å². The van der Waals surface area contributed by atoms with E-state index in [0.717, 1.165) is 44.6 Å². The molecule has 2 aliphatic rings. The Bertz CT molecular complexity index is 441. The summed E-state index contributed by atoms with van der Waals surface area (Å²) in [5, 5.41) is 6.36. The number of H-pyrrole nitrogens is 1. The van der Waals surface area contributed by atoms with Crippen LogP contribution in [0.5, 0.6) is 0 Å². The minimum absolute atomic E-state index is 0.109. The summed E-state index contributed by atoms with van der Waals surface area (Å²) in [7, 11) is 2.06. The highest BCUT2D eigenvalue weighted by Crippen LogP contribution is 2.24. The summed E-state index contributed by atoms with van der Waals surface area (Å²) in [6.07, 6.45) is 2.22. The molecule has 0 amide bonds. The van der Waals surface area contributed by atoms with Crippen LogP contribution in [0.15, 0.2) is 4.79 Å². The third-order valence-electron chi connectivity index (χ3n) is 3.66. The van der Waals surface area contributed by atoms with E-state index in [0.29, 0.717) is 6.04 Å². The van der Waals surface area contributed by atoms with Gasteiger partial charge in [-0.05, 0) is 33.0 Å². The minimum Gasteiger partial charge on any atom is -0.317 e. The van der Waals surface area contributed by atoms with Crippen molar-refractivity contribution in [1.29, 1.82) is 0 Å². The number of hydrogen-bond acceptors (Lipinski definition) is 3. The third-order valence-corrected chi connectivity index (χ3v) is 3.66. The third kappa shape index (κ3) is 1.51. The number of rotatable bonds is 1. The number of fused-ring (bicyclic) bond motifs is 1. The largest absolute Gasteiger partial charge is 0.317 e. The lowest BCUT2D eigenvalue weighted by Gasteiger charge is -2.25. The molecule has 1 aromatic rings. The molecule has 5 heteroatoms. The van der Waals surface area contributed by atoms with E-state index in [9.17, 15) is 4.79 Å². The molecule has 0 saturated carbocycles. The van der Waals surface area contributed by atoms with Crippen molar-refractivity contribution in [1.82, 2.24) is 20.0 Å². The number of piperidine rings is 1. The first-order chi connectivity index (χ1) is 7.75. The first-order valence-corrected chi connectivity index (χ1v) is 5.97. The molecule has 3 heterocycles. The van der Waals surface area contributed by atoms with Crippen molar-refractivity contribution < 1.29 is 0 Å². The van der Waals surface area contributed by atoms with E-state index < -0.39 is 0 Å². The van der Waals surface area contributed by atoms with Gasteiger partial charge < -0.3 is 5.32 Å². The Kier molecular flexibility index (Phi) is 2.37. The molecule has 2 N–H and O–H groups in total. The van der Waals surface area contributed by atoms with Crippen LogP contribution in [0.1, 0.15) is 30.1 Å². The number of nitrogens with one attached hydrogen (secondary N) is 2. The summed E-state index contributed by atoms with van der Waals surface area (Å²) in [5.41, 5.74) is 2.29. The van der Waals surface area contributed by atoms with Gasteiger partial charge in [-0.25, -0.2) is 0 Å². The molecule has 0 spiro atoms. The Labute approximate surface area is 94.4 Å². The lowest BCUT2D eigenvalue weighted by atomic mass is 10.1. The highest BCUT2D eigenvalue weighted by Gasteiger charge is 2.27. The van der Waals surface area contributed by atoms with Crippen LogP contribution in [0.3, 0.4) is 0 Å². The quantitative estimate of drug-likeness (QED) is 0.706. The van der Waals surface area contributed by atoms with Gasteiger partial charge in [0.2, 0.25) is 0 Å². The monoisotopic (exact) mass is 222 g/mol. The molecule has 0 atom stereocenters. The molecular formula is C11H18N4O. The normalized spacial score (nSPS) is 22.6. The SMILES string of the molecule is CN1Cc2c(n(C3CCNCC3)[nH]c2=O)C1. The molecule has 3 rings (SSSR count). The van der Waals surface area contributed by atoms with Gasteiger partial charge in [0.05, 0.1) is 17.3 Å². The van der Waals surface area contributed by atoms with Crippen LogP contribution in [0.25, 0.3) is 0 Å². The Balaban J connectivity index is 1.96. The Morgan fingerprint density at radius 1 is 1.25 bits per heavy atom. The molecule has 5 nitrogen and oxygen atoms in total. The maximum atomic E-state index is 11.8. The van der Waals surface area contributed by atoms with Gasteiger partial charge in [-0.15, -0.1) is 0 Å². The molecular weight excluding hydrogens is 204 g/mol. The maximum Gasteiger partial charge on any atom is 0.268 e. The maximum absolute atomic E-state index is 11.8. The summed E-state index contributed by atoms with van der Waals surface area (Å²) in [4.78, 5) is 14.0. The lowest BCUT2D eigenvalue weighted by molar-refractivity contribution is 0.305. The van der Waals surface area contributed by atoms with E-state index in [4.69, 9.17) is 0 Å². The number of nitrogens with zero attached hydrogens (tertiary/aromatic N) is 2. The molecule has 1 fully saturated rings. The first-order valence-electron chi connectivity index (χ1n) is 5.97. The van der Waals surface area contributed by atoms with Crippen molar-refractivity contribution in [2.75, 3.05) is 20.1 Å². The molecule has 0 aliphatic carbocycles. The first kappa shape index (κ1) is 10.1. The molecule has 0 bridgehead atoms. The van der Waals surface area contributed by atoms with Crippen molar-refractivity contribution in [2.45, 2.75) is 32.0 Å². The van der Waals surface area contributed by atoms with E-state index >= 15 is 0 Å². The van der Waals surface area contributed by atoms with E-state index in [-0.39, 0.29) is 5.56 Å². The second kappa shape index (κ2) is 3.75. The average molecular weight is 222 g/mol. The molecule has 2 aliphatic heterocycles. The van der Waals surface area contributed by atoms with Crippen LogP contribution in [0.2, 0.25) is 0 Å². The fourth-order valence-corrected chi connectivity index (χ4v) is 2.81. The molecule has 0 radical (unpaired) electrons. The summed E-state index contributed by atoms with van der Waals surface area (Å²) >= 11 is 0. The molecule has 1 saturated heterocycles. The lowest BCUT2D eigenvalue weighted by Crippen LogP contribution is -2.31. The zero-order valence-electron chi connectivity index (χ0n) is 9.62. The number of aromatic amines is 1. The zero-order chi connectivity index (χ0) is 11.1. The van der Waals surface area contributed by atoms with Gasteiger partial charge in [0, 0.05) is 13.1 Å². The number of hydrogen-bond donors (Lipinski definition) is 2. The van der Waals surface area contributed by atoms with Crippen molar-refractivity contribution in [3.63, 3.8) is 0 Å². The van der Waals surface area contributed by atoms with E-state index in [1.807, 2.05) is 0 Å². The van der Waals surface area contributed by atoms with E-state index in [2.05, 4.69) is 27.0 Å². The van der Waals surface area contributed by atoms with E-state index in [1.165, 1.54) is 5.69 Å². The second-order valence-electron chi connectivity index (χ2n) is 4.89. The van der Waals surface area contributed by atoms with Crippen LogP contribution < -0.4 is 10.9 Å². The molecule has 16 heavy (non-hydrogen) atoms. The highest BCUT2D eigenvalue weighted by molar-refractivity contribution is 5.22. The molecule has 0 aromatic carbocycles. The van der Waals surface area contributed by atoms with Crippen LogP contribution in [-0.4, -0.2) is 34.8 Å². The predicted octanol–water partition coefficient (Wildman–Crippen LogP) is 0.0463. The fourth-order valence-electron chi connectivity index (χ4n) is 2.81. The smallest absolute Gasteiger partial charge is 0.268 e. The van der Waals surface area contributed by atoms with Gasteiger partial charge in [0.1, 0.15) is 0 Å². The standard InChI is InChI=1S/C11H18N4O/c1-14-6-9-10(7-14)15(13-11(9)16)8-2-4-12-5-3-8/h8,12H,2-7H2,1H3,(H,13,16). The van der Waals surface area contributed by atoms with Crippen LogP contribution in [0, 0.1) is 0 Å². The van der Waals surface area contributed by atoms with Crippen molar-refractivity contribution in [3.05, 3.63) is 21.6 Å². The van der Waals surface area contributed by atoms with Crippen molar-refractivity contribution in [3.8, 4) is 0 Å². The predicted molar refractivity (Wildman–Crippen MR) is 61.4 cm³/mol. The van der Waals surface area contributed by atoms with Crippen LogP contribution in [-0.2, 0) is 13.1 Å². The highest BCUT2D eigenvalue weighted by atomic mass is 16.1. The fraction of sp³-hybridized carbons (Fsp3) is 0.727. The van der Waals surface area contributed by atoms with Gasteiger partial charge in [-0.1, -0.05) is 0 Å². The summed E-state index contributed by atoms with van der Waals surface area (Å²) < 4.78 is 2.13. The average Bonchev–Trinajstić information content (AvgIpc) is 2.80. The van der Waals surface area contributed by atoms with Gasteiger partial charge >= 0.3 is 0 Å². The molecule has 88 valence electrons. The minimum atomic E-state index is 0.109. The second-order valence-corrected chi connectivity index (χ2v) is 4.89. The molecule has 0 unspecified atom stereocenters. The van der Waals surface area contributed by atoms with Gasteiger partial charge in [0.25, 0.3) is 5.56 Å². The van der Waals surface area contributed by atoms with E-state index in [1.54, 1.807) is 0 Å². The summed E-state index contributed by atoms with van der Waals surface area (Å²) in [6, 6.07) is 0.476. The zero-order valence-corrected chi connectivity index (χ0v) is 9.62. The topological polar surface area (TPSA) is 53.1 Å².